The smallest absolute Gasteiger partial charge is 0.325 e. The number of nitrogens with zero attached hydrogens (tertiary/aromatic N) is 1. The largest absolute Gasteiger partial charge is 0.325 e. The van der Waals surface area contributed by atoms with Crippen molar-refractivity contribution in [2.75, 3.05) is 13.1 Å². The molecule has 0 bridgehead atoms. The number of thiol groups is 1. The minimum Gasteiger partial charge on any atom is -0.325 e. The molecule has 0 saturated carbocycles. The second kappa shape index (κ2) is 6.55. The Bertz CT molecular complexity index is 184. The summed E-state index contributed by atoms with van der Waals surface area (Å²) < 4.78 is 0. The third-order valence-corrected chi connectivity index (χ3v) is 1.39. The van der Waals surface area contributed by atoms with Gasteiger partial charge >= 0.3 is 11.3 Å². The van der Waals surface area contributed by atoms with Crippen molar-refractivity contribution < 1.29 is 14.7 Å². The van der Waals surface area contributed by atoms with Crippen molar-refractivity contribution >= 4 is 23.9 Å². The molecule has 0 aromatic heterocycles. The lowest BCUT2D eigenvalue weighted by molar-refractivity contribution is -0.263. The summed E-state index contributed by atoms with van der Waals surface area (Å²) in [6.07, 6.45) is 0. The Labute approximate surface area is 82.0 Å². The fourth-order valence-electron chi connectivity index (χ4n) is 0.659. The van der Waals surface area contributed by atoms with Gasteiger partial charge in [0.1, 0.15) is 0 Å². The van der Waals surface area contributed by atoms with Crippen LogP contribution >= 0.6 is 12.6 Å². The van der Waals surface area contributed by atoms with Gasteiger partial charge in [-0.3, -0.25) is 9.68 Å². The van der Waals surface area contributed by atoms with Crippen molar-refractivity contribution in [1.82, 2.24) is 10.4 Å². The number of amidine groups is 1. The number of carbonyl (C=O) groups excluding carboxylic acids is 1. The molecule has 7 heteroatoms. The van der Waals surface area contributed by atoms with E-state index in [0.29, 0.717) is 13.1 Å². The molecule has 76 valence electrons. The molecule has 0 aromatic rings. The second-order valence-electron chi connectivity index (χ2n) is 2.05. The molecule has 0 unspecified atom stereocenters. The highest BCUT2D eigenvalue weighted by atomic mass is 32.1. The van der Waals surface area contributed by atoms with Crippen LogP contribution in [0.4, 0.5) is 4.79 Å². The number of amides is 1. The van der Waals surface area contributed by atoms with E-state index in [1.54, 1.807) is 4.90 Å². The monoisotopic (exact) mass is 207 g/mol. The number of hydroxylamine groups is 1. The standard InChI is InChI=1S/C6H13N3O3S/c1-3-9(4-2)5(7)11-12-8-6(10)13/h7H,3-4H2,1-2H3,(H2,8,10,13). The molecule has 0 aliphatic carbocycles. The summed E-state index contributed by atoms with van der Waals surface area (Å²) in [6, 6.07) is -0.160. The van der Waals surface area contributed by atoms with Crippen molar-refractivity contribution in [2.24, 2.45) is 0 Å². The van der Waals surface area contributed by atoms with Crippen LogP contribution < -0.4 is 5.48 Å². The molecular formula is C6H13N3O3S. The molecule has 0 aromatic carbocycles. The molecular weight excluding hydrogens is 194 g/mol. The van der Waals surface area contributed by atoms with E-state index in [1.165, 1.54) is 0 Å². The van der Waals surface area contributed by atoms with Gasteiger partial charge in [-0.05, 0) is 13.8 Å². The van der Waals surface area contributed by atoms with Crippen molar-refractivity contribution in [3.63, 3.8) is 0 Å². The van der Waals surface area contributed by atoms with Gasteiger partial charge in [-0.1, -0.05) is 17.6 Å². The van der Waals surface area contributed by atoms with E-state index in [-0.39, 0.29) is 6.02 Å². The maximum atomic E-state index is 10.2. The van der Waals surface area contributed by atoms with Gasteiger partial charge in [0.05, 0.1) is 0 Å². The Hall–Kier alpha value is -0.950. The SMILES string of the molecule is CCN(CC)C(=N)OONC(=O)S. The molecule has 0 atom stereocenters. The van der Waals surface area contributed by atoms with Gasteiger partial charge in [0.25, 0.3) is 0 Å². The summed E-state index contributed by atoms with van der Waals surface area (Å²) >= 11 is 3.36. The summed E-state index contributed by atoms with van der Waals surface area (Å²) in [6.45, 7) is 5.01. The molecule has 0 radical (unpaired) electrons. The van der Waals surface area contributed by atoms with E-state index in [9.17, 15) is 4.79 Å². The highest BCUT2D eigenvalue weighted by Gasteiger charge is 2.07. The fraction of sp³-hybridized carbons (Fsp3) is 0.667. The first kappa shape index (κ1) is 12.0. The molecule has 0 fully saturated rings. The number of nitrogens with one attached hydrogen (secondary N) is 2. The zero-order valence-corrected chi connectivity index (χ0v) is 8.43. The van der Waals surface area contributed by atoms with Crippen LogP contribution in [0.2, 0.25) is 0 Å². The Kier molecular flexibility index (Phi) is 6.07. The second-order valence-corrected chi connectivity index (χ2v) is 2.46. The van der Waals surface area contributed by atoms with Crippen LogP contribution in [0.3, 0.4) is 0 Å². The first-order valence-corrected chi connectivity index (χ1v) is 4.22. The van der Waals surface area contributed by atoms with Crippen LogP contribution in [0.5, 0.6) is 0 Å². The Morgan fingerprint density at radius 2 is 2.08 bits per heavy atom. The molecule has 0 spiro atoms. The van der Waals surface area contributed by atoms with Gasteiger partial charge in [-0.25, -0.2) is 5.41 Å². The number of hydrogen-bond acceptors (Lipinski definition) is 4. The lowest BCUT2D eigenvalue weighted by Crippen LogP contribution is -2.33. The predicted octanol–water partition coefficient (Wildman–Crippen LogP) is 0.766. The van der Waals surface area contributed by atoms with Gasteiger partial charge in [0, 0.05) is 13.1 Å². The first-order valence-electron chi connectivity index (χ1n) is 3.77. The maximum absolute atomic E-state index is 10.2. The molecule has 0 rings (SSSR count). The van der Waals surface area contributed by atoms with Crippen molar-refractivity contribution in [3.8, 4) is 0 Å². The lowest BCUT2D eigenvalue weighted by Gasteiger charge is -2.18. The van der Waals surface area contributed by atoms with E-state index >= 15 is 0 Å². The normalized spacial score (nSPS) is 9.15. The summed E-state index contributed by atoms with van der Waals surface area (Å²) in [7, 11) is 0. The third kappa shape index (κ3) is 5.31. The van der Waals surface area contributed by atoms with Crippen LogP contribution in [0, 0.1) is 5.41 Å². The Morgan fingerprint density at radius 1 is 1.54 bits per heavy atom. The number of rotatable bonds is 4. The molecule has 0 aliphatic heterocycles. The van der Waals surface area contributed by atoms with E-state index in [2.05, 4.69) is 22.5 Å². The zero-order chi connectivity index (χ0) is 10.3. The van der Waals surface area contributed by atoms with Crippen LogP contribution in [-0.2, 0) is 9.88 Å². The molecule has 1 amide bonds. The van der Waals surface area contributed by atoms with E-state index < -0.39 is 5.24 Å². The predicted molar refractivity (Wildman–Crippen MR) is 50.3 cm³/mol. The highest BCUT2D eigenvalue weighted by Crippen LogP contribution is 1.91. The van der Waals surface area contributed by atoms with Gasteiger partial charge in [-0.2, -0.15) is 5.48 Å². The van der Waals surface area contributed by atoms with Crippen LogP contribution in [-0.4, -0.2) is 29.3 Å². The van der Waals surface area contributed by atoms with Gasteiger partial charge in [0.15, 0.2) is 0 Å². The zero-order valence-electron chi connectivity index (χ0n) is 7.53. The summed E-state index contributed by atoms with van der Waals surface area (Å²) in [4.78, 5) is 20.4. The Morgan fingerprint density at radius 3 is 2.46 bits per heavy atom. The van der Waals surface area contributed by atoms with E-state index in [1.807, 2.05) is 19.3 Å². The molecule has 0 aliphatic rings. The van der Waals surface area contributed by atoms with Gasteiger partial charge in [0.2, 0.25) is 0 Å². The van der Waals surface area contributed by atoms with Crippen molar-refractivity contribution in [2.45, 2.75) is 13.8 Å². The topological polar surface area (TPSA) is 74.7 Å². The maximum Gasteiger partial charge on any atom is 0.325 e. The first-order chi connectivity index (χ1) is 6.11. The van der Waals surface area contributed by atoms with E-state index in [0.717, 1.165) is 0 Å². The molecule has 0 heterocycles. The fourth-order valence-corrected chi connectivity index (χ4v) is 0.697. The molecule has 13 heavy (non-hydrogen) atoms. The molecule has 2 N–H and O–H groups in total. The summed E-state index contributed by atoms with van der Waals surface area (Å²) in [5.74, 6) is 0. The van der Waals surface area contributed by atoms with Crippen LogP contribution in [0.1, 0.15) is 13.8 Å². The summed E-state index contributed by atoms with van der Waals surface area (Å²) in [5.41, 5.74) is 1.82. The quantitative estimate of drug-likeness (QED) is 0.209. The third-order valence-electron chi connectivity index (χ3n) is 1.30. The van der Waals surface area contributed by atoms with Crippen molar-refractivity contribution in [3.05, 3.63) is 0 Å². The van der Waals surface area contributed by atoms with Crippen LogP contribution in [0.15, 0.2) is 0 Å². The number of carbonyl (C=O) groups is 1. The number of hydrogen-bond donors (Lipinski definition) is 3. The summed E-state index contributed by atoms with van der Waals surface area (Å²) in [5, 5.41) is 6.60. The lowest BCUT2D eigenvalue weighted by atomic mass is 10.5. The Balaban J connectivity index is 3.66. The van der Waals surface area contributed by atoms with Crippen molar-refractivity contribution in [1.29, 1.82) is 5.41 Å². The molecule has 0 saturated heterocycles. The highest BCUT2D eigenvalue weighted by molar-refractivity contribution is 7.96. The molecule has 6 nitrogen and oxygen atoms in total. The minimum absolute atomic E-state index is 0.160. The average molecular weight is 207 g/mol. The van der Waals surface area contributed by atoms with Gasteiger partial charge < -0.3 is 4.90 Å². The minimum atomic E-state index is -0.688. The van der Waals surface area contributed by atoms with Gasteiger partial charge in [-0.15, -0.1) is 0 Å². The van der Waals surface area contributed by atoms with Crippen LogP contribution in [0.25, 0.3) is 0 Å². The van der Waals surface area contributed by atoms with E-state index in [4.69, 9.17) is 5.41 Å². The average Bonchev–Trinajstić information content (AvgIpc) is 2.05.